The van der Waals surface area contributed by atoms with E-state index in [4.69, 9.17) is 0 Å². The predicted molar refractivity (Wildman–Crippen MR) is 263 cm³/mol. The molecule has 0 amide bonds. The monoisotopic (exact) mass is 799 g/mol. The fourth-order valence-corrected chi connectivity index (χ4v) is 11.5. The third kappa shape index (κ3) is 5.75. The third-order valence-electron chi connectivity index (χ3n) is 14.3. The number of para-hydroxylation sites is 2. The maximum Gasteiger partial charge on any atom is 0.0726 e. The summed E-state index contributed by atoms with van der Waals surface area (Å²) in [7, 11) is 0. The molecule has 1 heterocycles. The number of benzene rings is 7. The van der Waals surface area contributed by atoms with E-state index >= 15 is 0 Å². The summed E-state index contributed by atoms with van der Waals surface area (Å²) in [6, 6.07) is 58.7. The standard InChI is InChI=1S/C38H25N.C16H18.C7H10/c1-24-18-20-28-29-21-19-25(39-36-16-8-4-12-30(36)31-13-5-9-17-37(31)39)23-35(29)38(34(28)22-24)32-14-6-2-10-26(32)27-11-3-7-15-33(27)38;1-11-8-9-15-13(10-11)12-6-4-5-7-14(12)16(15,2)3;1-7-5-3-2-4-6-7/h2-23H,1H3;4-9,11H,10H2,1-3H3;3,5-6H,2,4H2,1H3. The molecular weight excluding hydrogens is 747 g/mol. The van der Waals surface area contributed by atoms with E-state index < -0.39 is 0 Å². The van der Waals surface area contributed by atoms with Crippen LogP contribution in [0, 0.1) is 12.8 Å². The van der Waals surface area contributed by atoms with Gasteiger partial charge in [-0.15, -0.1) is 0 Å². The van der Waals surface area contributed by atoms with E-state index in [-0.39, 0.29) is 10.8 Å². The molecule has 0 saturated heterocycles. The van der Waals surface area contributed by atoms with Crippen LogP contribution >= 0.6 is 0 Å². The molecule has 0 bridgehead atoms. The van der Waals surface area contributed by atoms with E-state index in [1.807, 2.05) is 0 Å². The lowest BCUT2D eigenvalue weighted by Crippen LogP contribution is -2.26. The van der Waals surface area contributed by atoms with Gasteiger partial charge in [-0.25, -0.2) is 0 Å². The molecule has 1 nitrogen and oxygen atoms in total. The van der Waals surface area contributed by atoms with Crippen LogP contribution in [0.1, 0.15) is 85.9 Å². The Morgan fingerprint density at radius 3 is 1.68 bits per heavy atom. The van der Waals surface area contributed by atoms with E-state index in [2.05, 4.69) is 227 Å². The molecular formula is C61H53N. The van der Waals surface area contributed by atoms with Gasteiger partial charge in [0.2, 0.25) is 0 Å². The number of allylic oxidation sites excluding steroid dienone is 8. The van der Waals surface area contributed by atoms with Crippen molar-refractivity contribution in [1.29, 1.82) is 0 Å². The zero-order valence-electron chi connectivity index (χ0n) is 36.5. The van der Waals surface area contributed by atoms with Gasteiger partial charge in [-0.05, 0) is 130 Å². The normalized spacial score (nSPS) is 17.6. The van der Waals surface area contributed by atoms with Gasteiger partial charge in [0.05, 0.1) is 16.4 Å². The van der Waals surface area contributed by atoms with Crippen molar-refractivity contribution in [2.24, 2.45) is 5.92 Å². The number of hydrogen-bond acceptors (Lipinski definition) is 0. The Morgan fingerprint density at radius 1 is 0.516 bits per heavy atom. The van der Waals surface area contributed by atoms with Gasteiger partial charge in [-0.1, -0.05) is 196 Å². The van der Waals surface area contributed by atoms with Crippen LogP contribution in [0.2, 0.25) is 0 Å². The first-order chi connectivity index (χ1) is 30.3. The minimum absolute atomic E-state index is 0.197. The summed E-state index contributed by atoms with van der Waals surface area (Å²) < 4.78 is 2.44. The highest BCUT2D eigenvalue weighted by atomic mass is 15.0. The van der Waals surface area contributed by atoms with Gasteiger partial charge in [0, 0.05) is 21.9 Å². The number of aryl methyl sites for hydroxylation is 1. The van der Waals surface area contributed by atoms with Crippen molar-refractivity contribution in [2.75, 3.05) is 0 Å². The molecule has 5 aliphatic rings. The molecule has 62 heavy (non-hydrogen) atoms. The van der Waals surface area contributed by atoms with Crippen molar-refractivity contribution < 1.29 is 0 Å². The number of hydrogen-bond donors (Lipinski definition) is 0. The van der Waals surface area contributed by atoms with Crippen LogP contribution in [-0.4, -0.2) is 4.57 Å². The average Bonchev–Trinajstić information content (AvgIpc) is 3.97. The first-order valence-corrected chi connectivity index (χ1v) is 22.6. The fraction of sp³-hybridized carbons (Fsp3) is 0.180. The Morgan fingerprint density at radius 2 is 1.06 bits per heavy atom. The molecule has 1 heteroatoms. The zero-order chi connectivity index (χ0) is 42.2. The maximum atomic E-state index is 2.47. The van der Waals surface area contributed by atoms with Crippen LogP contribution in [0.4, 0.5) is 0 Å². The lowest BCUT2D eigenvalue weighted by Gasteiger charge is -2.31. The number of nitrogens with zero attached hydrogens (tertiary/aromatic N) is 1. The van der Waals surface area contributed by atoms with Gasteiger partial charge in [0.15, 0.2) is 0 Å². The van der Waals surface area contributed by atoms with Gasteiger partial charge in [0.25, 0.3) is 0 Å². The molecule has 0 saturated carbocycles. The zero-order valence-corrected chi connectivity index (χ0v) is 36.5. The van der Waals surface area contributed by atoms with Gasteiger partial charge < -0.3 is 4.57 Å². The highest BCUT2D eigenvalue weighted by molar-refractivity contribution is 6.09. The Hall–Kier alpha value is -6.70. The van der Waals surface area contributed by atoms with Gasteiger partial charge in [0.1, 0.15) is 0 Å². The highest BCUT2D eigenvalue weighted by Gasteiger charge is 2.51. The predicted octanol–water partition coefficient (Wildman–Crippen LogP) is 16.0. The fourth-order valence-electron chi connectivity index (χ4n) is 11.5. The van der Waals surface area contributed by atoms with Crippen LogP contribution in [0.15, 0.2) is 199 Å². The highest BCUT2D eigenvalue weighted by Crippen LogP contribution is 2.63. The summed E-state index contributed by atoms with van der Waals surface area (Å²) in [5, 5.41) is 2.58. The molecule has 5 aliphatic carbocycles. The molecule has 8 aromatic rings. The van der Waals surface area contributed by atoms with Crippen LogP contribution in [0.3, 0.4) is 0 Å². The van der Waals surface area contributed by atoms with Crippen molar-refractivity contribution in [2.45, 2.75) is 64.7 Å². The Kier molecular flexibility index (Phi) is 9.09. The molecule has 13 rings (SSSR count). The van der Waals surface area contributed by atoms with Crippen LogP contribution in [0.5, 0.6) is 0 Å². The van der Waals surface area contributed by atoms with Crippen molar-refractivity contribution in [1.82, 2.24) is 4.57 Å². The molecule has 1 spiro atoms. The summed E-state index contributed by atoms with van der Waals surface area (Å²) in [6.45, 7) is 11.3. The minimum atomic E-state index is -0.335. The SMILES string of the molecule is CC1=CCCC=C1.CC1C=CC2=C(C1)c1ccccc1C2(C)C.Cc1ccc2c(c1)C1(c3ccccc3-c3ccccc31)c1cc(-n3c4ccccc4c4ccccc43)ccc1-2. The summed E-state index contributed by atoms with van der Waals surface area (Å²) in [5.41, 5.74) is 23.3. The minimum Gasteiger partial charge on any atom is -0.309 e. The van der Waals surface area contributed by atoms with Crippen molar-refractivity contribution in [3.05, 3.63) is 238 Å². The summed E-state index contributed by atoms with van der Waals surface area (Å²) in [6.07, 6.45) is 15.0. The van der Waals surface area contributed by atoms with Gasteiger partial charge >= 0.3 is 0 Å². The van der Waals surface area contributed by atoms with Gasteiger partial charge in [-0.2, -0.15) is 0 Å². The lowest BCUT2D eigenvalue weighted by molar-refractivity contribution is 0.643. The molecule has 0 N–H and O–H groups in total. The van der Waals surface area contributed by atoms with E-state index in [9.17, 15) is 0 Å². The second-order valence-electron chi connectivity index (χ2n) is 18.5. The molecule has 1 atom stereocenters. The van der Waals surface area contributed by atoms with E-state index in [1.165, 1.54) is 119 Å². The first kappa shape index (κ1) is 38.2. The van der Waals surface area contributed by atoms with Crippen molar-refractivity contribution in [3.63, 3.8) is 0 Å². The molecule has 0 fully saturated rings. The summed E-state index contributed by atoms with van der Waals surface area (Å²) >= 11 is 0. The second kappa shape index (κ2) is 14.7. The van der Waals surface area contributed by atoms with E-state index in [0.717, 1.165) is 0 Å². The van der Waals surface area contributed by atoms with Crippen molar-refractivity contribution in [3.8, 4) is 27.9 Å². The lowest BCUT2D eigenvalue weighted by atomic mass is 9.70. The van der Waals surface area contributed by atoms with E-state index in [1.54, 1.807) is 5.57 Å². The topological polar surface area (TPSA) is 4.93 Å². The molecule has 7 aromatic carbocycles. The largest absolute Gasteiger partial charge is 0.309 e. The summed E-state index contributed by atoms with van der Waals surface area (Å²) in [5.74, 6) is 0.681. The van der Waals surface area contributed by atoms with Gasteiger partial charge in [-0.3, -0.25) is 0 Å². The molecule has 1 aromatic heterocycles. The molecule has 0 radical (unpaired) electrons. The second-order valence-corrected chi connectivity index (χ2v) is 18.5. The quantitative estimate of drug-likeness (QED) is 0.156. The van der Waals surface area contributed by atoms with Crippen LogP contribution in [-0.2, 0) is 10.8 Å². The first-order valence-electron chi connectivity index (χ1n) is 22.6. The maximum absolute atomic E-state index is 2.47. The Balaban J connectivity index is 0.000000154. The number of aromatic nitrogens is 1. The molecule has 1 unspecified atom stereocenters. The Bertz CT molecular complexity index is 3130. The van der Waals surface area contributed by atoms with E-state index in [0.29, 0.717) is 5.92 Å². The van der Waals surface area contributed by atoms with Crippen LogP contribution < -0.4 is 0 Å². The average molecular weight is 800 g/mol. The summed E-state index contributed by atoms with van der Waals surface area (Å²) in [4.78, 5) is 0. The number of rotatable bonds is 1. The third-order valence-corrected chi connectivity index (χ3v) is 14.3. The molecule has 302 valence electrons. The van der Waals surface area contributed by atoms with Crippen molar-refractivity contribution >= 4 is 27.4 Å². The van der Waals surface area contributed by atoms with Crippen LogP contribution in [0.25, 0.3) is 55.3 Å². The smallest absolute Gasteiger partial charge is 0.0726 e. The Labute approximate surface area is 367 Å². The molecule has 0 aliphatic heterocycles. The number of fused-ring (bicyclic) bond motifs is 15.